The summed E-state index contributed by atoms with van der Waals surface area (Å²) in [6, 6.07) is 10.9. The zero-order valence-electron chi connectivity index (χ0n) is 24.8. The quantitative estimate of drug-likeness (QED) is 0.163. The first-order valence-corrected chi connectivity index (χ1v) is 15.3. The van der Waals surface area contributed by atoms with Crippen LogP contribution in [0.2, 0.25) is 0 Å². The molecule has 5 rings (SSSR count). The lowest BCUT2D eigenvalue weighted by Gasteiger charge is -2.34. The minimum absolute atomic E-state index is 0.0175. The van der Waals surface area contributed by atoms with Gasteiger partial charge in [-0.2, -0.15) is 0 Å². The molecule has 11 nitrogen and oxygen atoms in total. The van der Waals surface area contributed by atoms with Gasteiger partial charge in [-0.25, -0.2) is 18.4 Å². The van der Waals surface area contributed by atoms with Crippen molar-refractivity contribution in [1.82, 2.24) is 20.1 Å². The molecule has 1 fully saturated rings. The molecule has 4 N–H and O–H groups in total. The Morgan fingerprint density at radius 3 is 2.56 bits per heavy atom. The van der Waals surface area contributed by atoms with Crippen LogP contribution in [0.3, 0.4) is 0 Å². The number of hydrogen-bond acceptors (Lipinski definition) is 9. The minimum atomic E-state index is -0.930. The molecule has 0 aliphatic carbocycles. The average molecular weight is 641 g/mol. The molecule has 3 heterocycles. The molecule has 0 spiro atoms. The van der Waals surface area contributed by atoms with Gasteiger partial charge in [-0.1, -0.05) is 6.07 Å². The van der Waals surface area contributed by atoms with Crippen LogP contribution >= 0.6 is 11.3 Å². The predicted octanol–water partition coefficient (Wildman–Crippen LogP) is 5.67. The number of pyridine rings is 1. The maximum Gasteiger partial charge on any atom is 0.409 e. The number of nitrogens with one attached hydrogen (secondary N) is 3. The number of fused-ring (bicyclic) bond motifs is 1. The molecule has 1 aliphatic rings. The van der Waals surface area contributed by atoms with Gasteiger partial charge in [0.15, 0.2) is 0 Å². The summed E-state index contributed by atoms with van der Waals surface area (Å²) < 4.78 is 40.5. The second-order valence-corrected chi connectivity index (χ2v) is 11.4. The van der Waals surface area contributed by atoms with Crippen LogP contribution in [-0.4, -0.2) is 77.9 Å². The summed E-state index contributed by atoms with van der Waals surface area (Å²) in [6.45, 7) is 7.77. The lowest BCUT2D eigenvalue weighted by atomic mass is 10.2. The minimum Gasteiger partial charge on any atom is -0.456 e. The second kappa shape index (κ2) is 14.6. The Kier molecular flexibility index (Phi) is 10.4. The van der Waals surface area contributed by atoms with Crippen LogP contribution in [-0.2, 0) is 4.74 Å². The Hall–Kier alpha value is -4.37. The molecule has 1 atom stereocenters. The number of nitrogens with zero attached hydrogens (tertiary/aromatic N) is 3. The van der Waals surface area contributed by atoms with Gasteiger partial charge in [-0.3, -0.25) is 15.2 Å². The fraction of sp³-hybridized carbons (Fsp3) is 0.323. The Labute approximate surface area is 262 Å². The van der Waals surface area contributed by atoms with Crippen molar-refractivity contribution in [2.75, 3.05) is 56.5 Å². The topological polar surface area (TPSA) is 128 Å². The van der Waals surface area contributed by atoms with Gasteiger partial charge in [0.05, 0.1) is 33.1 Å². The highest BCUT2D eigenvalue weighted by Crippen LogP contribution is 2.37. The number of ether oxygens (including phenoxy) is 2. The van der Waals surface area contributed by atoms with E-state index in [1.54, 1.807) is 43.1 Å². The highest BCUT2D eigenvalue weighted by atomic mass is 32.1. The van der Waals surface area contributed by atoms with E-state index in [0.29, 0.717) is 53.6 Å². The number of urea groups is 1. The van der Waals surface area contributed by atoms with Crippen molar-refractivity contribution in [2.24, 2.45) is 0 Å². The lowest BCUT2D eigenvalue weighted by molar-refractivity contribution is 0.0773. The van der Waals surface area contributed by atoms with Gasteiger partial charge >= 0.3 is 12.1 Å². The average Bonchev–Trinajstić information content (AvgIpc) is 3.47. The van der Waals surface area contributed by atoms with Gasteiger partial charge in [-0.05, 0) is 49.7 Å². The van der Waals surface area contributed by atoms with E-state index in [2.05, 4.69) is 25.8 Å². The molecule has 238 valence electrons. The number of halogens is 2. The van der Waals surface area contributed by atoms with E-state index in [1.807, 2.05) is 0 Å². The van der Waals surface area contributed by atoms with Gasteiger partial charge in [0.25, 0.3) is 0 Å². The van der Waals surface area contributed by atoms with E-state index in [1.165, 1.54) is 35.6 Å². The molecular formula is C31H34F2N6O5S. The first-order chi connectivity index (χ1) is 21.7. The summed E-state index contributed by atoms with van der Waals surface area (Å²) in [6.07, 6.45) is 0.342. The van der Waals surface area contributed by atoms with Crippen molar-refractivity contribution in [3.05, 3.63) is 76.8 Å². The maximum atomic E-state index is 14.9. The number of aliphatic hydroxyl groups is 1. The van der Waals surface area contributed by atoms with Crippen LogP contribution in [0, 0.1) is 18.6 Å². The van der Waals surface area contributed by atoms with E-state index in [4.69, 9.17) is 9.47 Å². The summed E-state index contributed by atoms with van der Waals surface area (Å²) in [5, 5.41) is 18.7. The fourth-order valence-electron chi connectivity index (χ4n) is 4.78. The van der Waals surface area contributed by atoms with Gasteiger partial charge in [0.2, 0.25) is 0 Å². The van der Waals surface area contributed by atoms with Crippen LogP contribution < -0.4 is 20.7 Å². The third-order valence-electron chi connectivity index (χ3n) is 7.11. The number of thiophene rings is 1. The van der Waals surface area contributed by atoms with E-state index >= 15 is 0 Å². The third-order valence-corrected chi connectivity index (χ3v) is 8.31. The van der Waals surface area contributed by atoms with Crippen LogP contribution in [0.25, 0.3) is 10.2 Å². The largest absolute Gasteiger partial charge is 0.456 e. The molecule has 1 unspecified atom stereocenters. The molecule has 2 aromatic carbocycles. The summed E-state index contributed by atoms with van der Waals surface area (Å²) in [4.78, 5) is 33.1. The van der Waals surface area contributed by atoms with Crippen molar-refractivity contribution in [3.63, 3.8) is 0 Å². The van der Waals surface area contributed by atoms with Crippen LogP contribution in [0.1, 0.15) is 23.6 Å². The molecular weight excluding hydrogens is 606 g/mol. The normalized spacial score (nSPS) is 14.3. The lowest BCUT2D eigenvalue weighted by Crippen LogP contribution is -2.50. The number of anilines is 2. The summed E-state index contributed by atoms with van der Waals surface area (Å²) in [7, 11) is 0. The maximum absolute atomic E-state index is 14.9. The SMILES string of the molecule is CCOC(=O)N1CCN(CCNC(O)c2cc3nccc(Oc4ccc(NC(=O)Nc5cc(C)ccc5F)c(F)c4)c3s2)CC1. The molecule has 3 amide bonds. The number of aliphatic hydroxyl groups excluding tert-OH is 1. The molecule has 1 aliphatic heterocycles. The van der Waals surface area contributed by atoms with Gasteiger partial charge in [0.1, 0.15) is 29.4 Å². The fourth-order valence-corrected chi connectivity index (χ4v) is 5.80. The Morgan fingerprint density at radius 2 is 1.80 bits per heavy atom. The van der Waals surface area contributed by atoms with Gasteiger partial charge in [0, 0.05) is 57.6 Å². The first-order valence-electron chi connectivity index (χ1n) is 14.5. The Bertz CT molecular complexity index is 1660. The van der Waals surface area contributed by atoms with E-state index in [-0.39, 0.29) is 23.2 Å². The smallest absolute Gasteiger partial charge is 0.409 e. The van der Waals surface area contributed by atoms with Gasteiger partial charge in [-0.15, -0.1) is 11.3 Å². The Morgan fingerprint density at radius 1 is 1.02 bits per heavy atom. The number of benzene rings is 2. The number of carbonyl (C=O) groups excluding carboxylic acids is 2. The molecule has 14 heteroatoms. The number of aryl methyl sites for hydroxylation is 1. The summed E-state index contributed by atoms with van der Waals surface area (Å²) >= 11 is 1.30. The summed E-state index contributed by atoms with van der Waals surface area (Å²) in [5.74, 6) is -0.735. The predicted molar refractivity (Wildman–Crippen MR) is 168 cm³/mol. The molecule has 0 radical (unpaired) electrons. The van der Waals surface area contributed by atoms with Crippen LogP contribution in [0.15, 0.2) is 54.7 Å². The van der Waals surface area contributed by atoms with E-state index in [9.17, 15) is 23.5 Å². The van der Waals surface area contributed by atoms with Crippen molar-refractivity contribution in [1.29, 1.82) is 0 Å². The highest BCUT2D eigenvalue weighted by Gasteiger charge is 2.22. The molecule has 1 saturated heterocycles. The van der Waals surface area contributed by atoms with Crippen molar-refractivity contribution >= 4 is 45.1 Å². The zero-order valence-corrected chi connectivity index (χ0v) is 25.6. The molecule has 0 saturated carbocycles. The number of hydrogen-bond donors (Lipinski definition) is 4. The van der Waals surface area contributed by atoms with E-state index in [0.717, 1.165) is 24.7 Å². The van der Waals surface area contributed by atoms with Crippen molar-refractivity contribution in [2.45, 2.75) is 20.1 Å². The zero-order chi connectivity index (χ0) is 31.9. The summed E-state index contributed by atoms with van der Waals surface area (Å²) in [5.41, 5.74) is 1.24. The standard InChI is InChI=1S/C31H34F2N6O5S/c1-3-43-31(42)39-14-12-38(13-15-39)11-10-35-29(40)27-18-25-28(45-27)26(8-9-34-25)44-20-5-7-23(22(33)17-20)36-30(41)37-24-16-19(2)4-6-21(24)32/h4-9,16-18,29,35,40H,3,10-15H2,1-2H3,(H2,36,37,41). The number of rotatable bonds is 10. The van der Waals surface area contributed by atoms with Gasteiger partial charge < -0.3 is 30.1 Å². The molecule has 2 aromatic heterocycles. The van der Waals surface area contributed by atoms with E-state index < -0.39 is 23.9 Å². The molecule has 4 aromatic rings. The number of aromatic nitrogens is 1. The Balaban J connectivity index is 1.15. The molecule has 0 bridgehead atoms. The molecule has 45 heavy (non-hydrogen) atoms. The van der Waals surface area contributed by atoms with Crippen LogP contribution in [0.5, 0.6) is 11.5 Å². The van der Waals surface area contributed by atoms with Crippen molar-refractivity contribution in [3.8, 4) is 11.5 Å². The number of carbonyl (C=O) groups is 2. The third kappa shape index (κ3) is 8.22. The second-order valence-electron chi connectivity index (χ2n) is 10.4. The first kappa shape index (κ1) is 32.0. The van der Waals surface area contributed by atoms with Crippen molar-refractivity contribution < 1.29 is 33.0 Å². The monoisotopic (exact) mass is 640 g/mol. The van der Waals surface area contributed by atoms with Crippen LogP contribution in [0.4, 0.5) is 29.7 Å². The highest BCUT2D eigenvalue weighted by molar-refractivity contribution is 7.19. The number of piperazine rings is 1. The number of amides is 3.